The summed E-state index contributed by atoms with van der Waals surface area (Å²) in [4.78, 5) is 0. The van der Waals surface area contributed by atoms with Crippen LogP contribution < -0.4 is 14.8 Å². The number of thioether (sulfide) groups is 1. The van der Waals surface area contributed by atoms with Gasteiger partial charge in [-0.1, -0.05) is 65.3 Å². The molecule has 0 radical (unpaired) electrons. The smallest absolute Gasteiger partial charge is 0.214 e. The largest absolute Gasteiger partial charge is 0.493 e. The van der Waals surface area contributed by atoms with Crippen molar-refractivity contribution < 1.29 is 9.47 Å². The molecule has 11 heteroatoms. The van der Waals surface area contributed by atoms with Crippen LogP contribution in [-0.2, 0) is 13.2 Å². The van der Waals surface area contributed by atoms with Gasteiger partial charge in [-0.2, -0.15) is 4.68 Å². The van der Waals surface area contributed by atoms with Gasteiger partial charge in [0.2, 0.25) is 5.16 Å². The van der Waals surface area contributed by atoms with Crippen molar-refractivity contribution in [3.05, 3.63) is 87.9 Å². The molecule has 0 atom stereocenters. The zero-order valence-electron chi connectivity index (χ0n) is 18.9. The quantitative estimate of drug-likeness (QED) is 0.184. The van der Waals surface area contributed by atoms with Gasteiger partial charge in [0.05, 0.1) is 12.8 Å². The van der Waals surface area contributed by atoms with E-state index < -0.39 is 0 Å². The molecule has 1 N–H and O–H groups in total. The third kappa shape index (κ3) is 7.49. The normalized spacial score (nSPS) is 10.6. The minimum absolute atomic E-state index is 0. The summed E-state index contributed by atoms with van der Waals surface area (Å²) in [6.07, 6.45) is 0. The van der Waals surface area contributed by atoms with Crippen LogP contribution in [0, 0.1) is 0 Å². The number of hydrogen-bond acceptors (Lipinski definition) is 7. The highest BCUT2D eigenvalue weighted by Crippen LogP contribution is 2.30. The lowest BCUT2D eigenvalue weighted by Gasteiger charge is -2.13. The second-order valence-corrected chi connectivity index (χ2v) is 9.15. The summed E-state index contributed by atoms with van der Waals surface area (Å²) in [5.41, 5.74) is 2.89. The Morgan fingerprint density at radius 1 is 1.00 bits per heavy atom. The highest BCUT2D eigenvalue weighted by atomic mass is 35.5. The molecule has 0 spiro atoms. The molecule has 0 fully saturated rings. The molecule has 0 saturated carbocycles. The van der Waals surface area contributed by atoms with Gasteiger partial charge in [0, 0.05) is 34.5 Å². The Morgan fingerprint density at radius 2 is 1.83 bits per heavy atom. The molecule has 1 aromatic heterocycles. The van der Waals surface area contributed by atoms with Crippen molar-refractivity contribution in [3.63, 3.8) is 0 Å². The molecule has 4 rings (SSSR count). The number of benzene rings is 3. The highest BCUT2D eigenvalue weighted by Gasteiger charge is 2.10. The van der Waals surface area contributed by atoms with Gasteiger partial charge in [0.15, 0.2) is 11.5 Å². The predicted octanol–water partition coefficient (Wildman–Crippen LogP) is 5.86. The molecule has 4 aromatic rings. The number of ether oxygens (including phenoxy) is 2. The van der Waals surface area contributed by atoms with Crippen molar-refractivity contribution in [1.29, 1.82) is 0 Å². The fourth-order valence-electron chi connectivity index (χ4n) is 3.18. The first-order valence-electron chi connectivity index (χ1n) is 10.5. The zero-order chi connectivity index (χ0) is 23.8. The number of aromatic nitrogens is 4. The molecule has 1 heterocycles. The summed E-state index contributed by atoms with van der Waals surface area (Å²) in [7, 11) is 1.63. The highest BCUT2D eigenvalue weighted by molar-refractivity contribution is 7.99. The fraction of sp³-hybridized carbons (Fsp3) is 0.208. The number of halogens is 3. The maximum Gasteiger partial charge on any atom is 0.214 e. The van der Waals surface area contributed by atoms with Crippen molar-refractivity contribution in [2.75, 3.05) is 19.4 Å². The molecular weight excluding hydrogens is 529 g/mol. The van der Waals surface area contributed by atoms with Gasteiger partial charge in [0.25, 0.3) is 0 Å². The molecule has 35 heavy (non-hydrogen) atoms. The summed E-state index contributed by atoms with van der Waals surface area (Å²) in [6.45, 7) is 1.81. The average molecular weight is 553 g/mol. The molecule has 0 aliphatic carbocycles. The van der Waals surface area contributed by atoms with Crippen molar-refractivity contribution >= 4 is 47.4 Å². The minimum Gasteiger partial charge on any atom is -0.493 e. The third-order valence-corrected chi connectivity index (χ3v) is 6.42. The van der Waals surface area contributed by atoms with Gasteiger partial charge < -0.3 is 14.8 Å². The number of nitrogens with one attached hydrogen (secondary N) is 1. The number of hydrogen-bond donors (Lipinski definition) is 1. The lowest BCUT2D eigenvalue weighted by Crippen LogP contribution is -2.17. The molecule has 184 valence electrons. The van der Waals surface area contributed by atoms with Crippen LogP contribution in [-0.4, -0.2) is 39.6 Å². The van der Waals surface area contributed by atoms with E-state index >= 15 is 0 Å². The van der Waals surface area contributed by atoms with Crippen molar-refractivity contribution in [2.45, 2.75) is 18.3 Å². The maximum atomic E-state index is 6.23. The van der Waals surface area contributed by atoms with Crippen LogP contribution in [0.25, 0.3) is 5.69 Å². The van der Waals surface area contributed by atoms with Gasteiger partial charge in [-0.15, -0.1) is 17.5 Å². The number of nitrogens with zero attached hydrogens (tertiary/aromatic N) is 4. The lowest BCUT2D eigenvalue weighted by molar-refractivity contribution is 0.284. The predicted molar refractivity (Wildman–Crippen MR) is 143 cm³/mol. The SMILES string of the molecule is COc1cc(CNCCSc2nnnn2-c2ccccc2)ccc1OCc1ccc(Cl)cc1Cl.Cl. The van der Waals surface area contributed by atoms with Crippen LogP contribution in [0.15, 0.2) is 71.9 Å². The first kappa shape index (κ1) is 27.1. The van der Waals surface area contributed by atoms with Gasteiger partial charge >= 0.3 is 0 Å². The van der Waals surface area contributed by atoms with Gasteiger partial charge in [0.1, 0.15) is 6.61 Å². The average Bonchev–Trinajstić information content (AvgIpc) is 3.33. The first-order chi connectivity index (χ1) is 16.6. The van der Waals surface area contributed by atoms with E-state index in [0.717, 1.165) is 34.3 Å². The van der Waals surface area contributed by atoms with Gasteiger partial charge in [-0.3, -0.25) is 0 Å². The standard InChI is InChI=1S/C24H23Cl2N5O2S.ClH/c1-32-23-13-17(7-10-22(23)33-16-18-8-9-19(25)14-21(18)26)15-27-11-12-34-24-28-29-30-31(24)20-5-3-2-4-6-20;/h2-10,13-14,27H,11-12,15-16H2,1H3;1H. The van der Waals surface area contributed by atoms with Crippen molar-refractivity contribution in [3.8, 4) is 17.2 Å². The number of methoxy groups -OCH3 is 1. The molecule has 0 amide bonds. The number of tetrazole rings is 1. The molecule has 3 aromatic carbocycles. The lowest BCUT2D eigenvalue weighted by atomic mass is 10.2. The van der Waals surface area contributed by atoms with Crippen LogP contribution in [0.1, 0.15) is 11.1 Å². The Balaban J connectivity index is 0.00000342. The van der Waals surface area contributed by atoms with Gasteiger partial charge in [-0.05, 0) is 52.4 Å². The second-order valence-electron chi connectivity index (χ2n) is 7.24. The molecule has 0 bridgehead atoms. The molecule has 0 unspecified atom stereocenters. The topological polar surface area (TPSA) is 74.1 Å². The van der Waals surface area contributed by atoms with E-state index in [2.05, 4.69) is 20.8 Å². The molecule has 0 aliphatic rings. The van der Waals surface area contributed by atoms with E-state index in [1.54, 1.807) is 35.7 Å². The molecule has 7 nitrogen and oxygen atoms in total. The second kappa shape index (κ2) is 13.6. The number of para-hydroxylation sites is 1. The van der Waals surface area contributed by atoms with Crippen molar-refractivity contribution in [1.82, 2.24) is 25.5 Å². The third-order valence-electron chi connectivity index (χ3n) is 4.91. The van der Waals surface area contributed by atoms with E-state index in [0.29, 0.717) is 34.7 Å². The summed E-state index contributed by atoms with van der Waals surface area (Å²) < 4.78 is 13.2. The van der Waals surface area contributed by atoms with Crippen LogP contribution in [0.4, 0.5) is 0 Å². The van der Waals surface area contributed by atoms with E-state index in [9.17, 15) is 0 Å². The Hall–Kier alpha value is -2.49. The van der Waals surface area contributed by atoms with Crippen LogP contribution >= 0.6 is 47.4 Å². The molecular formula is C24H24Cl3N5O2S. The van der Waals surface area contributed by atoms with E-state index in [4.69, 9.17) is 32.7 Å². The maximum absolute atomic E-state index is 6.23. The Labute approximate surface area is 224 Å². The summed E-state index contributed by atoms with van der Waals surface area (Å²) in [6, 6.07) is 21.1. The summed E-state index contributed by atoms with van der Waals surface area (Å²) in [5.74, 6) is 2.15. The van der Waals surface area contributed by atoms with Crippen LogP contribution in [0.2, 0.25) is 10.0 Å². The fourth-order valence-corrected chi connectivity index (χ4v) is 4.43. The van der Waals surface area contributed by atoms with E-state index in [1.165, 1.54) is 0 Å². The Bertz CT molecular complexity index is 1230. The first-order valence-corrected chi connectivity index (χ1v) is 12.3. The van der Waals surface area contributed by atoms with Gasteiger partial charge in [-0.25, -0.2) is 0 Å². The van der Waals surface area contributed by atoms with Crippen molar-refractivity contribution in [2.24, 2.45) is 0 Å². The Kier molecular flexibility index (Phi) is 10.5. The Morgan fingerprint density at radius 3 is 2.60 bits per heavy atom. The molecule has 0 saturated heterocycles. The summed E-state index contributed by atoms with van der Waals surface area (Å²) in [5, 5.41) is 17.4. The van der Waals surface area contributed by atoms with E-state index in [1.807, 2.05) is 54.6 Å². The van der Waals surface area contributed by atoms with E-state index in [-0.39, 0.29) is 12.4 Å². The monoisotopic (exact) mass is 551 g/mol. The van der Waals surface area contributed by atoms with Crippen LogP contribution in [0.3, 0.4) is 0 Å². The zero-order valence-corrected chi connectivity index (χ0v) is 22.0. The molecule has 0 aliphatic heterocycles. The minimum atomic E-state index is 0. The summed E-state index contributed by atoms with van der Waals surface area (Å²) >= 11 is 13.8. The number of rotatable bonds is 11. The van der Waals surface area contributed by atoms with Crippen LogP contribution in [0.5, 0.6) is 11.5 Å².